The third-order valence-electron chi connectivity index (χ3n) is 5.30. The van der Waals surface area contributed by atoms with Gasteiger partial charge in [0.25, 0.3) is 10.0 Å². The van der Waals surface area contributed by atoms with Crippen molar-refractivity contribution in [3.05, 3.63) is 113 Å². The molecule has 4 nitrogen and oxygen atoms in total. The van der Waals surface area contributed by atoms with Gasteiger partial charge < -0.3 is 0 Å². The molecule has 3 rings (SSSR count). The Labute approximate surface area is 184 Å². The van der Waals surface area contributed by atoms with E-state index in [2.05, 4.69) is 4.72 Å². The minimum atomic E-state index is -4.03. The molecule has 1 N–H and O–H groups in total. The summed E-state index contributed by atoms with van der Waals surface area (Å²) in [6.45, 7) is 5.80. The molecule has 0 unspecified atom stereocenters. The zero-order valence-electron chi connectivity index (χ0n) is 18.0. The van der Waals surface area contributed by atoms with E-state index >= 15 is 0 Å². The highest BCUT2D eigenvalue weighted by Crippen LogP contribution is 2.37. The van der Waals surface area contributed by atoms with Gasteiger partial charge >= 0.3 is 0 Å². The molecular weight excluding hydrogens is 406 g/mol. The van der Waals surface area contributed by atoms with Crippen molar-refractivity contribution in [2.24, 2.45) is 0 Å². The molecular formula is C26H27NO3S. The zero-order valence-corrected chi connectivity index (χ0v) is 18.8. The average molecular weight is 434 g/mol. The molecule has 0 heterocycles. The summed E-state index contributed by atoms with van der Waals surface area (Å²) in [5.41, 5.74) is 2.25. The highest BCUT2D eigenvalue weighted by Gasteiger charge is 2.42. The fourth-order valence-electron chi connectivity index (χ4n) is 3.55. The number of rotatable bonds is 7. The third kappa shape index (κ3) is 4.94. The first-order chi connectivity index (χ1) is 14.8. The van der Waals surface area contributed by atoms with Gasteiger partial charge in [-0.15, -0.1) is 0 Å². The van der Waals surface area contributed by atoms with Gasteiger partial charge in [-0.3, -0.25) is 4.79 Å². The SMILES string of the molecule is CC(C)=CCC(C(=O)NS(=O)(=O)c1ccc(C)cc1)(c1ccccc1)c1ccccc1. The fraction of sp³-hybridized carbons (Fsp3) is 0.192. The Hall–Kier alpha value is -3.18. The maximum Gasteiger partial charge on any atom is 0.264 e. The summed E-state index contributed by atoms with van der Waals surface area (Å²) in [6, 6.07) is 25.1. The topological polar surface area (TPSA) is 63.2 Å². The number of carbonyl (C=O) groups excluding carboxylic acids is 1. The van der Waals surface area contributed by atoms with E-state index in [1.165, 1.54) is 12.1 Å². The second-order valence-corrected chi connectivity index (χ2v) is 9.55. The molecule has 0 radical (unpaired) electrons. The van der Waals surface area contributed by atoms with Gasteiger partial charge in [0.05, 0.1) is 4.90 Å². The van der Waals surface area contributed by atoms with E-state index in [9.17, 15) is 13.2 Å². The van der Waals surface area contributed by atoms with E-state index in [4.69, 9.17) is 0 Å². The van der Waals surface area contributed by atoms with Gasteiger partial charge in [0, 0.05) is 0 Å². The number of nitrogens with one attached hydrogen (secondary N) is 1. The van der Waals surface area contributed by atoms with Gasteiger partial charge in [-0.1, -0.05) is 90.0 Å². The van der Waals surface area contributed by atoms with Gasteiger partial charge in [-0.05, 0) is 50.5 Å². The van der Waals surface area contributed by atoms with E-state index in [0.717, 1.165) is 22.3 Å². The molecule has 0 aliphatic rings. The van der Waals surface area contributed by atoms with Crippen molar-refractivity contribution < 1.29 is 13.2 Å². The summed E-state index contributed by atoms with van der Waals surface area (Å²) in [5.74, 6) is -0.581. The highest BCUT2D eigenvalue weighted by molar-refractivity contribution is 7.90. The Morgan fingerprint density at radius 1 is 0.839 bits per heavy atom. The van der Waals surface area contributed by atoms with Crippen LogP contribution in [0.3, 0.4) is 0 Å². The van der Waals surface area contributed by atoms with Crippen LogP contribution >= 0.6 is 0 Å². The van der Waals surface area contributed by atoms with Crippen molar-refractivity contribution in [1.29, 1.82) is 0 Å². The number of benzene rings is 3. The van der Waals surface area contributed by atoms with E-state index in [1.54, 1.807) is 12.1 Å². The molecule has 160 valence electrons. The molecule has 31 heavy (non-hydrogen) atoms. The van der Waals surface area contributed by atoms with Crippen LogP contribution in [-0.4, -0.2) is 14.3 Å². The summed E-state index contributed by atoms with van der Waals surface area (Å²) in [4.78, 5) is 13.9. The predicted octanol–water partition coefficient (Wildman–Crippen LogP) is 5.14. The minimum absolute atomic E-state index is 0.0590. The number of hydrogen-bond acceptors (Lipinski definition) is 3. The highest BCUT2D eigenvalue weighted by atomic mass is 32.2. The van der Waals surface area contributed by atoms with Crippen LogP contribution in [0.2, 0.25) is 0 Å². The molecule has 5 heteroatoms. The smallest absolute Gasteiger partial charge is 0.264 e. The number of amides is 1. The van der Waals surface area contributed by atoms with Crippen LogP contribution in [0, 0.1) is 6.92 Å². The Morgan fingerprint density at radius 3 is 1.77 bits per heavy atom. The first kappa shape index (κ1) is 22.5. The van der Waals surface area contributed by atoms with Crippen LogP contribution in [0.25, 0.3) is 0 Å². The average Bonchev–Trinajstić information content (AvgIpc) is 2.75. The summed E-state index contributed by atoms with van der Waals surface area (Å²) in [6.07, 6.45) is 2.30. The van der Waals surface area contributed by atoms with Crippen LogP contribution in [0.4, 0.5) is 0 Å². The Morgan fingerprint density at radius 2 is 1.32 bits per heavy atom. The van der Waals surface area contributed by atoms with Gasteiger partial charge in [0.15, 0.2) is 0 Å². The molecule has 0 bridgehead atoms. The van der Waals surface area contributed by atoms with Crippen molar-refractivity contribution in [3.63, 3.8) is 0 Å². The van der Waals surface area contributed by atoms with Gasteiger partial charge in [0.2, 0.25) is 5.91 Å². The Balaban J connectivity index is 2.16. The largest absolute Gasteiger partial charge is 0.273 e. The molecule has 0 aromatic heterocycles. The Kier molecular flexibility index (Phi) is 6.76. The lowest BCUT2D eigenvalue weighted by molar-refractivity contribution is -0.123. The molecule has 0 aliphatic carbocycles. The monoisotopic (exact) mass is 433 g/mol. The number of sulfonamides is 1. The van der Waals surface area contributed by atoms with E-state index < -0.39 is 21.3 Å². The lowest BCUT2D eigenvalue weighted by Gasteiger charge is -2.33. The molecule has 0 saturated heterocycles. The van der Waals surface area contributed by atoms with Crippen LogP contribution in [0.1, 0.15) is 37.0 Å². The molecule has 0 saturated carbocycles. The van der Waals surface area contributed by atoms with Crippen molar-refractivity contribution in [2.75, 3.05) is 0 Å². The first-order valence-corrected chi connectivity index (χ1v) is 11.6. The second kappa shape index (κ2) is 9.31. The fourth-order valence-corrected chi connectivity index (χ4v) is 4.58. The maximum atomic E-state index is 13.8. The van der Waals surface area contributed by atoms with Crippen molar-refractivity contribution >= 4 is 15.9 Å². The molecule has 3 aromatic carbocycles. The number of aryl methyl sites for hydroxylation is 1. The predicted molar refractivity (Wildman–Crippen MR) is 124 cm³/mol. The lowest BCUT2D eigenvalue weighted by atomic mass is 9.71. The molecule has 0 aliphatic heterocycles. The normalized spacial score (nSPS) is 11.6. The molecule has 1 amide bonds. The van der Waals surface area contributed by atoms with Gasteiger partial charge in [0.1, 0.15) is 5.41 Å². The quantitative estimate of drug-likeness (QED) is 0.525. The summed E-state index contributed by atoms with van der Waals surface area (Å²) in [5, 5.41) is 0. The van der Waals surface area contributed by atoms with Crippen molar-refractivity contribution in [2.45, 2.75) is 37.5 Å². The van der Waals surface area contributed by atoms with Crippen LogP contribution in [0.5, 0.6) is 0 Å². The van der Waals surface area contributed by atoms with Crippen LogP contribution in [0.15, 0.2) is 101 Å². The zero-order chi connectivity index (χ0) is 22.5. The van der Waals surface area contributed by atoms with E-state index in [-0.39, 0.29) is 4.90 Å². The molecule has 0 fully saturated rings. The number of hydrogen-bond donors (Lipinski definition) is 1. The first-order valence-electron chi connectivity index (χ1n) is 10.1. The van der Waals surface area contributed by atoms with Crippen LogP contribution in [-0.2, 0) is 20.2 Å². The van der Waals surface area contributed by atoms with E-state index in [1.807, 2.05) is 87.5 Å². The lowest BCUT2D eigenvalue weighted by Crippen LogP contribution is -2.47. The van der Waals surface area contributed by atoms with E-state index in [0.29, 0.717) is 6.42 Å². The third-order valence-corrected chi connectivity index (χ3v) is 6.64. The van der Waals surface area contributed by atoms with Gasteiger partial charge in [-0.25, -0.2) is 13.1 Å². The number of carbonyl (C=O) groups is 1. The van der Waals surface area contributed by atoms with Crippen molar-refractivity contribution in [1.82, 2.24) is 4.72 Å². The molecule has 3 aromatic rings. The van der Waals surface area contributed by atoms with Crippen LogP contribution < -0.4 is 4.72 Å². The minimum Gasteiger partial charge on any atom is -0.273 e. The maximum absolute atomic E-state index is 13.8. The second-order valence-electron chi connectivity index (χ2n) is 7.87. The molecule has 0 spiro atoms. The summed E-state index contributed by atoms with van der Waals surface area (Å²) in [7, 11) is -4.03. The Bertz CT molecular complexity index is 1120. The number of allylic oxidation sites excluding steroid dienone is 2. The summed E-state index contributed by atoms with van der Waals surface area (Å²) < 4.78 is 28.5. The standard InChI is InChI=1S/C26H27NO3S/c1-20(2)18-19-26(22-10-6-4-7-11-22,23-12-8-5-9-13-23)25(28)27-31(29,30)24-16-14-21(3)15-17-24/h4-18H,19H2,1-3H3,(H,27,28). The van der Waals surface area contributed by atoms with Crippen molar-refractivity contribution in [3.8, 4) is 0 Å². The summed E-state index contributed by atoms with van der Waals surface area (Å²) >= 11 is 0. The van der Waals surface area contributed by atoms with Gasteiger partial charge in [-0.2, -0.15) is 0 Å². The molecule has 0 atom stereocenters.